The minimum atomic E-state index is -0.515. The molecule has 0 spiro atoms. The molecule has 0 radical (unpaired) electrons. The number of aliphatic hydroxyl groups is 1. The van der Waals surface area contributed by atoms with Crippen LogP contribution in [0.15, 0.2) is 67.4 Å². The first-order chi connectivity index (χ1) is 16.6. The van der Waals surface area contributed by atoms with E-state index in [4.69, 9.17) is 0 Å². The van der Waals surface area contributed by atoms with Gasteiger partial charge in [-0.15, -0.1) is 10.2 Å². The largest absolute Gasteiger partial charge is 0.387 e. The number of rotatable bonds is 8. The Morgan fingerprint density at radius 3 is 2.71 bits per heavy atom. The number of hydrogen-bond acceptors (Lipinski definition) is 5. The van der Waals surface area contributed by atoms with E-state index in [1.54, 1.807) is 12.7 Å². The summed E-state index contributed by atoms with van der Waals surface area (Å²) in [6, 6.07) is 16.7. The molecule has 3 unspecified atom stereocenters. The van der Waals surface area contributed by atoms with Crippen molar-refractivity contribution >= 4 is 10.9 Å². The number of piperidine rings is 1. The summed E-state index contributed by atoms with van der Waals surface area (Å²) in [5.41, 5.74) is 4.51. The molecule has 178 valence electrons. The fraction of sp³-hybridized carbons (Fsp3) is 0.407. The van der Waals surface area contributed by atoms with Crippen molar-refractivity contribution in [3.05, 3.63) is 78.5 Å². The molecule has 3 heterocycles. The van der Waals surface area contributed by atoms with Crippen LogP contribution in [0.5, 0.6) is 0 Å². The van der Waals surface area contributed by atoms with Crippen molar-refractivity contribution in [2.75, 3.05) is 13.1 Å². The molecule has 4 aromatic rings. The van der Waals surface area contributed by atoms with Gasteiger partial charge in [0.2, 0.25) is 0 Å². The Labute approximate surface area is 200 Å². The van der Waals surface area contributed by atoms with E-state index in [1.807, 2.05) is 34.9 Å². The van der Waals surface area contributed by atoms with Gasteiger partial charge in [-0.3, -0.25) is 4.57 Å². The van der Waals surface area contributed by atoms with Gasteiger partial charge in [0, 0.05) is 34.9 Å². The molecule has 1 aliphatic heterocycles. The first-order valence-corrected chi connectivity index (χ1v) is 12.3. The van der Waals surface area contributed by atoms with E-state index in [0.717, 1.165) is 42.7 Å². The molecule has 34 heavy (non-hydrogen) atoms. The number of nitrogens with zero attached hydrogens (tertiary/aromatic N) is 3. The molecule has 7 heteroatoms. The van der Waals surface area contributed by atoms with Crippen LogP contribution in [-0.2, 0) is 0 Å². The molecular formula is C27H34N6O. The van der Waals surface area contributed by atoms with Gasteiger partial charge in [-0.25, -0.2) is 0 Å². The highest BCUT2D eigenvalue weighted by molar-refractivity contribution is 5.85. The van der Waals surface area contributed by atoms with E-state index in [0.29, 0.717) is 17.9 Å². The van der Waals surface area contributed by atoms with Crippen LogP contribution in [0.1, 0.15) is 49.8 Å². The van der Waals surface area contributed by atoms with E-state index in [-0.39, 0.29) is 6.04 Å². The highest BCUT2D eigenvalue weighted by Crippen LogP contribution is 2.33. The number of hydrogen-bond donors (Lipinski definition) is 4. The van der Waals surface area contributed by atoms with Crippen molar-refractivity contribution in [3.8, 4) is 5.69 Å². The molecular weight excluding hydrogens is 424 g/mol. The van der Waals surface area contributed by atoms with Gasteiger partial charge in [0.1, 0.15) is 12.7 Å². The Hall–Kier alpha value is -3.00. The van der Waals surface area contributed by atoms with Crippen LogP contribution in [0.2, 0.25) is 0 Å². The van der Waals surface area contributed by atoms with Crippen LogP contribution >= 0.6 is 0 Å². The van der Waals surface area contributed by atoms with Gasteiger partial charge in [-0.2, -0.15) is 0 Å². The number of aliphatic hydroxyl groups excluding tert-OH is 1. The Kier molecular flexibility index (Phi) is 6.76. The molecule has 0 saturated carbocycles. The summed E-state index contributed by atoms with van der Waals surface area (Å²) in [5.74, 6) is 0.883. The van der Waals surface area contributed by atoms with Crippen molar-refractivity contribution in [2.45, 2.75) is 50.8 Å². The Morgan fingerprint density at radius 2 is 1.91 bits per heavy atom. The zero-order valence-corrected chi connectivity index (χ0v) is 19.9. The predicted molar refractivity (Wildman–Crippen MR) is 135 cm³/mol. The van der Waals surface area contributed by atoms with Crippen LogP contribution in [-0.4, -0.2) is 50.0 Å². The predicted octanol–water partition coefficient (Wildman–Crippen LogP) is 3.93. The lowest BCUT2D eigenvalue weighted by atomic mass is 9.82. The fourth-order valence-electron chi connectivity index (χ4n) is 5.37. The molecule has 7 nitrogen and oxygen atoms in total. The zero-order chi connectivity index (χ0) is 23.5. The zero-order valence-electron chi connectivity index (χ0n) is 19.9. The topological polar surface area (TPSA) is 90.8 Å². The highest BCUT2D eigenvalue weighted by Gasteiger charge is 2.30. The summed E-state index contributed by atoms with van der Waals surface area (Å²) in [7, 11) is 0. The number of H-pyrrole nitrogens is 1. The average molecular weight is 459 g/mol. The standard InChI is InChI=1S/C27H34N6O/c1-18(24-15-29-26-9-8-22(13-23(24)26)33-16-30-31-17-33)12-21-14-28-11-10-25(21)32-19(2)27(34)20-6-4-3-5-7-20/h3-9,13,15-19,21,25,27-29,32,34H,10-12,14H2,1-2H3/t18-,19-,21?,25?,27?/m1/s1. The first-order valence-electron chi connectivity index (χ1n) is 12.3. The SMILES string of the molecule is C[C@H](CC1CNCCC1N[C@H](C)C(O)c1ccccc1)c1c[nH]c2ccc(-n3cnnc3)cc12. The molecule has 1 fully saturated rings. The van der Waals surface area contributed by atoms with Gasteiger partial charge in [0.15, 0.2) is 0 Å². The van der Waals surface area contributed by atoms with Crippen molar-refractivity contribution < 1.29 is 5.11 Å². The Bertz CT molecular complexity index is 1190. The van der Waals surface area contributed by atoms with Gasteiger partial charge in [0.05, 0.1) is 6.10 Å². The molecule has 2 aromatic heterocycles. The van der Waals surface area contributed by atoms with Gasteiger partial charge < -0.3 is 20.7 Å². The molecule has 1 saturated heterocycles. The number of nitrogens with one attached hydrogen (secondary N) is 3. The molecule has 0 aliphatic carbocycles. The summed E-state index contributed by atoms with van der Waals surface area (Å²) in [6.07, 6.45) is 7.24. The summed E-state index contributed by atoms with van der Waals surface area (Å²) >= 11 is 0. The number of fused-ring (bicyclic) bond motifs is 1. The van der Waals surface area contributed by atoms with Gasteiger partial charge in [0.25, 0.3) is 0 Å². The van der Waals surface area contributed by atoms with E-state index < -0.39 is 6.10 Å². The third kappa shape index (κ3) is 4.78. The quantitative estimate of drug-likeness (QED) is 0.321. The average Bonchev–Trinajstić information content (AvgIpc) is 3.55. The second kappa shape index (κ2) is 10.1. The third-order valence-electron chi connectivity index (χ3n) is 7.30. The normalized spacial score (nSPS) is 21.4. The van der Waals surface area contributed by atoms with Crippen molar-refractivity contribution in [1.29, 1.82) is 0 Å². The van der Waals surface area contributed by atoms with Crippen molar-refractivity contribution in [3.63, 3.8) is 0 Å². The smallest absolute Gasteiger partial charge is 0.123 e. The van der Waals surface area contributed by atoms with E-state index in [2.05, 4.69) is 64.1 Å². The molecule has 2 aromatic carbocycles. The van der Waals surface area contributed by atoms with Crippen LogP contribution in [0.4, 0.5) is 0 Å². The maximum atomic E-state index is 10.9. The minimum absolute atomic E-state index is 0.0113. The maximum Gasteiger partial charge on any atom is 0.123 e. The number of aromatic nitrogens is 4. The molecule has 0 amide bonds. The molecule has 0 bridgehead atoms. The molecule has 4 N–H and O–H groups in total. The maximum absolute atomic E-state index is 10.9. The van der Waals surface area contributed by atoms with Crippen molar-refractivity contribution in [1.82, 2.24) is 30.4 Å². The van der Waals surface area contributed by atoms with Gasteiger partial charge in [-0.1, -0.05) is 37.3 Å². The Morgan fingerprint density at radius 1 is 1.12 bits per heavy atom. The van der Waals surface area contributed by atoms with Gasteiger partial charge in [-0.05, 0) is 74.0 Å². The van der Waals surface area contributed by atoms with Crippen molar-refractivity contribution in [2.24, 2.45) is 5.92 Å². The Balaban J connectivity index is 1.30. The first kappa shape index (κ1) is 22.8. The van der Waals surface area contributed by atoms with E-state index in [9.17, 15) is 5.11 Å². The van der Waals surface area contributed by atoms with Crippen LogP contribution in [0, 0.1) is 5.92 Å². The lowest BCUT2D eigenvalue weighted by Crippen LogP contribution is -2.51. The summed E-state index contributed by atoms with van der Waals surface area (Å²) in [6.45, 7) is 6.41. The summed E-state index contributed by atoms with van der Waals surface area (Å²) < 4.78 is 1.94. The van der Waals surface area contributed by atoms with Crippen LogP contribution in [0.3, 0.4) is 0 Å². The minimum Gasteiger partial charge on any atom is -0.387 e. The van der Waals surface area contributed by atoms with E-state index in [1.165, 1.54) is 10.9 Å². The van der Waals surface area contributed by atoms with Gasteiger partial charge >= 0.3 is 0 Å². The highest BCUT2D eigenvalue weighted by atomic mass is 16.3. The second-order valence-electron chi connectivity index (χ2n) is 9.65. The van der Waals surface area contributed by atoms with Crippen LogP contribution < -0.4 is 10.6 Å². The molecule has 5 rings (SSSR count). The second-order valence-corrected chi connectivity index (χ2v) is 9.65. The number of aromatic amines is 1. The lowest BCUT2D eigenvalue weighted by Gasteiger charge is -2.37. The number of benzene rings is 2. The molecule has 1 aliphatic rings. The summed E-state index contributed by atoms with van der Waals surface area (Å²) in [4.78, 5) is 3.45. The third-order valence-corrected chi connectivity index (χ3v) is 7.30. The lowest BCUT2D eigenvalue weighted by molar-refractivity contribution is 0.115. The molecule has 5 atom stereocenters. The fourth-order valence-corrected chi connectivity index (χ4v) is 5.37. The van der Waals surface area contributed by atoms with Crippen LogP contribution in [0.25, 0.3) is 16.6 Å². The monoisotopic (exact) mass is 458 g/mol. The van der Waals surface area contributed by atoms with E-state index >= 15 is 0 Å². The summed E-state index contributed by atoms with van der Waals surface area (Å²) in [5, 5.41) is 27.3.